The molecule has 1 aromatic heterocycles. The normalized spacial score (nSPS) is 20.2. The Labute approximate surface area is 199 Å². The Kier molecular flexibility index (Phi) is 6.65. The zero-order chi connectivity index (χ0) is 24.3. The summed E-state index contributed by atoms with van der Waals surface area (Å²) in [6, 6.07) is 5.97. The van der Waals surface area contributed by atoms with E-state index >= 15 is 0 Å². The van der Waals surface area contributed by atoms with Crippen LogP contribution in [0.25, 0.3) is 0 Å². The van der Waals surface area contributed by atoms with Crippen LogP contribution in [0.1, 0.15) is 23.0 Å². The molecule has 0 spiro atoms. The van der Waals surface area contributed by atoms with E-state index in [1.807, 2.05) is 4.90 Å². The van der Waals surface area contributed by atoms with Crippen molar-refractivity contribution >= 4 is 40.2 Å². The summed E-state index contributed by atoms with van der Waals surface area (Å²) >= 11 is 1.32. The maximum absolute atomic E-state index is 13.0. The number of benzene rings is 1. The summed E-state index contributed by atoms with van der Waals surface area (Å²) in [5.41, 5.74) is 3.85. The summed E-state index contributed by atoms with van der Waals surface area (Å²) in [5.74, 6) is -1.32. The molecular weight excluding hydrogens is 464 g/mol. The number of morpholine rings is 1. The van der Waals surface area contributed by atoms with Gasteiger partial charge >= 0.3 is 6.03 Å². The standard InChI is InChI=1S/C21H24N6O6S/c1-21(13-3-5-14(32-2)6-4-13)18(30)27(19(31)23-21)11-16(28)24-25-17(29)15-12-34-20(22-15)26-7-9-33-10-8-26/h3-6,12H,7-11H2,1-2H3,(H,23,31)(H,24,28)(H,25,29). The van der Waals surface area contributed by atoms with Crippen molar-refractivity contribution in [2.75, 3.05) is 44.9 Å². The average Bonchev–Trinajstić information content (AvgIpc) is 3.43. The van der Waals surface area contributed by atoms with Crippen LogP contribution in [-0.2, 0) is 19.9 Å². The van der Waals surface area contributed by atoms with Crippen molar-refractivity contribution in [3.05, 3.63) is 40.9 Å². The van der Waals surface area contributed by atoms with E-state index in [4.69, 9.17) is 9.47 Å². The molecule has 3 heterocycles. The van der Waals surface area contributed by atoms with Gasteiger partial charge in [-0.1, -0.05) is 12.1 Å². The highest BCUT2D eigenvalue weighted by Crippen LogP contribution is 2.30. The van der Waals surface area contributed by atoms with Crippen LogP contribution in [0, 0.1) is 0 Å². The Bertz CT molecular complexity index is 1100. The summed E-state index contributed by atoms with van der Waals surface area (Å²) < 4.78 is 10.4. The second kappa shape index (κ2) is 9.65. The lowest BCUT2D eigenvalue weighted by Crippen LogP contribution is -2.48. The molecule has 0 aliphatic carbocycles. The number of nitrogens with zero attached hydrogens (tertiary/aromatic N) is 3. The number of anilines is 1. The number of thiazole rings is 1. The number of carbonyl (C=O) groups is 4. The molecule has 2 aliphatic heterocycles. The molecular formula is C21H24N6O6S. The molecule has 1 atom stereocenters. The van der Waals surface area contributed by atoms with Crippen molar-refractivity contribution in [2.45, 2.75) is 12.5 Å². The number of imide groups is 1. The highest BCUT2D eigenvalue weighted by atomic mass is 32.1. The van der Waals surface area contributed by atoms with Crippen LogP contribution in [0.2, 0.25) is 0 Å². The third-order valence-corrected chi connectivity index (χ3v) is 6.47. The Morgan fingerprint density at radius 3 is 2.59 bits per heavy atom. The number of hydrazine groups is 1. The monoisotopic (exact) mass is 488 g/mol. The van der Waals surface area contributed by atoms with Gasteiger partial charge in [0.2, 0.25) is 0 Å². The summed E-state index contributed by atoms with van der Waals surface area (Å²) in [4.78, 5) is 57.2. The van der Waals surface area contributed by atoms with Gasteiger partial charge in [-0.3, -0.25) is 30.1 Å². The first kappa shape index (κ1) is 23.4. The van der Waals surface area contributed by atoms with Gasteiger partial charge in [0.25, 0.3) is 17.7 Å². The lowest BCUT2D eigenvalue weighted by Gasteiger charge is -2.25. The predicted molar refractivity (Wildman–Crippen MR) is 121 cm³/mol. The molecule has 1 unspecified atom stereocenters. The van der Waals surface area contributed by atoms with Crippen molar-refractivity contribution in [3.63, 3.8) is 0 Å². The minimum atomic E-state index is -1.33. The van der Waals surface area contributed by atoms with E-state index in [0.717, 1.165) is 4.90 Å². The second-order valence-electron chi connectivity index (χ2n) is 7.79. The lowest BCUT2D eigenvalue weighted by molar-refractivity contribution is -0.135. The van der Waals surface area contributed by atoms with Crippen LogP contribution in [0.4, 0.5) is 9.93 Å². The molecule has 2 aromatic rings. The molecule has 0 radical (unpaired) electrons. The number of hydrogen-bond acceptors (Lipinski definition) is 9. The summed E-state index contributed by atoms with van der Waals surface area (Å²) in [6.45, 7) is 3.56. The van der Waals surface area contributed by atoms with E-state index in [9.17, 15) is 19.2 Å². The number of amides is 5. The first-order chi connectivity index (χ1) is 16.3. The predicted octanol–water partition coefficient (Wildman–Crippen LogP) is 0.217. The maximum atomic E-state index is 13.0. The largest absolute Gasteiger partial charge is 0.497 e. The average molecular weight is 489 g/mol. The molecule has 34 heavy (non-hydrogen) atoms. The molecule has 13 heteroatoms. The number of ether oxygens (including phenoxy) is 2. The summed E-state index contributed by atoms with van der Waals surface area (Å²) in [6.07, 6.45) is 0. The van der Waals surface area contributed by atoms with Gasteiger partial charge in [-0.2, -0.15) is 0 Å². The van der Waals surface area contributed by atoms with E-state index in [-0.39, 0.29) is 5.69 Å². The molecule has 4 rings (SSSR count). The zero-order valence-electron chi connectivity index (χ0n) is 18.6. The van der Waals surface area contributed by atoms with E-state index in [2.05, 4.69) is 21.2 Å². The molecule has 2 aliphatic rings. The van der Waals surface area contributed by atoms with Gasteiger partial charge in [0, 0.05) is 18.5 Å². The van der Waals surface area contributed by atoms with E-state index < -0.39 is 35.8 Å². The molecule has 0 saturated carbocycles. The number of hydrogen-bond donors (Lipinski definition) is 3. The third kappa shape index (κ3) is 4.65. The number of rotatable bonds is 6. The van der Waals surface area contributed by atoms with Crippen molar-refractivity contribution in [3.8, 4) is 5.75 Å². The quantitative estimate of drug-likeness (QED) is 0.387. The van der Waals surface area contributed by atoms with Gasteiger partial charge in [0.1, 0.15) is 23.5 Å². The fraction of sp³-hybridized carbons (Fsp3) is 0.381. The Hall–Kier alpha value is -3.71. The first-order valence-electron chi connectivity index (χ1n) is 10.5. The van der Waals surface area contributed by atoms with Gasteiger partial charge in [-0.05, 0) is 24.6 Å². The molecule has 180 valence electrons. The van der Waals surface area contributed by atoms with Crippen LogP contribution < -0.4 is 25.8 Å². The summed E-state index contributed by atoms with van der Waals surface area (Å²) in [7, 11) is 1.52. The molecule has 2 fully saturated rings. The van der Waals surface area contributed by atoms with Crippen molar-refractivity contribution in [1.29, 1.82) is 0 Å². The molecule has 3 N–H and O–H groups in total. The SMILES string of the molecule is COc1ccc(C2(C)NC(=O)N(CC(=O)NNC(=O)c3csc(N4CCOCC4)n3)C2=O)cc1. The molecule has 2 saturated heterocycles. The topological polar surface area (TPSA) is 142 Å². The van der Waals surface area contributed by atoms with Gasteiger partial charge in [0.15, 0.2) is 5.13 Å². The first-order valence-corrected chi connectivity index (χ1v) is 11.4. The molecule has 1 aromatic carbocycles. The van der Waals surface area contributed by atoms with E-state index in [0.29, 0.717) is 42.7 Å². The minimum absolute atomic E-state index is 0.147. The number of urea groups is 1. The maximum Gasteiger partial charge on any atom is 0.325 e. The van der Waals surface area contributed by atoms with Gasteiger partial charge in [-0.15, -0.1) is 11.3 Å². The molecule has 0 bridgehead atoms. The van der Waals surface area contributed by atoms with Gasteiger partial charge in [0.05, 0.1) is 20.3 Å². The van der Waals surface area contributed by atoms with Crippen LogP contribution in [-0.4, -0.2) is 73.6 Å². The highest BCUT2D eigenvalue weighted by Gasteiger charge is 2.49. The smallest absolute Gasteiger partial charge is 0.325 e. The Balaban J connectivity index is 1.33. The zero-order valence-corrected chi connectivity index (χ0v) is 19.4. The van der Waals surface area contributed by atoms with Crippen molar-refractivity contribution in [2.24, 2.45) is 0 Å². The van der Waals surface area contributed by atoms with E-state index in [1.54, 1.807) is 36.6 Å². The third-order valence-electron chi connectivity index (χ3n) is 5.57. The number of methoxy groups -OCH3 is 1. The fourth-order valence-corrected chi connectivity index (χ4v) is 4.46. The highest BCUT2D eigenvalue weighted by molar-refractivity contribution is 7.13. The number of carbonyl (C=O) groups excluding carboxylic acids is 4. The van der Waals surface area contributed by atoms with Crippen LogP contribution in [0.3, 0.4) is 0 Å². The Morgan fingerprint density at radius 1 is 1.21 bits per heavy atom. The van der Waals surface area contributed by atoms with Crippen molar-refractivity contribution < 1.29 is 28.7 Å². The van der Waals surface area contributed by atoms with Crippen LogP contribution in [0.5, 0.6) is 5.75 Å². The number of nitrogens with one attached hydrogen (secondary N) is 3. The molecule has 12 nitrogen and oxygen atoms in total. The lowest BCUT2D eigenvalue weighted by atomic mass is 9.92. The summed E-state index contributed by atoms with van der Waals surface area (Å²) in [5, 5.41) is 4.90. The minimum Gasteiger partial charge on any atom is -0.497 e. The number of aromatic nitrogens is 1. The van der Waals surface area contributed by atoms with Crippen molar-refractivity contribution in [1.82, 2.24) is 26.1 Å². The fourth-order valence-electron chi connectivity index (χ4n) is 3.60. The van der Waals surface area contributed by atoms with Crippen LogP contribution >= 0.6 is 11.3 Å². The van der Waals surface area contributed by atoms with Crippen LogP contribution in [0.15, 0.2) is 29.6 Å². The van der Waals surface area contributed by atoms with Gasteiger partial charge < -0.3 is 19.7 Å². The second-order valence-corrected chi connectivity index (χ2v) is 8.63. The van der Waals surface area contributed by atoms with Gasteiger partial charge in [-0.25, -0.2) is 9.78 Å². The Morgan fingerprint density at radius 2 is 1.91 bits per heavy atom. The van der Waals surface area contributed by atoms with E-state index in [1.165, 1.54) is 18.4 Å². The molecule has 5 amide bonds.